The Bertz CT molecular complexity index is 155. The molecule has 0 saturated heterocycles. The maximum Gasteiger partial charge on any atom is 0.673 e. The molecule has 0 rings (SSSR count). The molecule has 0 aliphatic rings. The molecule has 0 aliphatic heterocycles. The standard InChI is InChI=1S/C11H26P.BF4/c1-5-9-10-11-12(6-2,7-3)8-4;2-1(3,4)5/h5-11H2,1-4H3;/q+1;-1. The Morgan fingerprint density at radius 1 is 0.765 bits per heavy atom. The summed E-state index contributed by atoms with van der Waals surface area (Å²) in [6, 6.07) is 0. The molecule has 6 heteroatoms. The molecule has 0 bridgehead atoms. The second-order valence-electron chi connectivity index (χ2n) is 4.22. The normalized spacial score (nSPS) is 12.0. The minimum absolute atomic E-state index is 0.469. The smallest absolute Gasteiger partial charge is 0.418 e. The molecule has 0 spiro atoms. The fourth-order valence-corrected chi connectivity index (χ4v) is 5.03. The molecular weight excluding hydrogens is 250 g/mol. The number of halogens is 4. The average molecular weight is 276 g/mol. The first kappa shape index (κ1) is 19.6. The maximum atomic E-state index is 9.75. The second kappa shape index (κ2) is 10.2. The van der Waals surface area contributed by atoms with E-state index in [4.69, 9.17) is 0 Å². The summed E-state index contributed by atoms with van der Waals surface area (Å²) >= 11 is 0. The van der Waals surface area contributed by atoms with Crippen molar-refractivity contribution in [1.29, 1.82) is 0 Å². The van der Waals surface area contributed by atoms with Crippen LogP contribution in [0.25, 0.3) is 0 Å². The lowest BCUT2D eigenvalue weighted by Gasteiger charge is -2.23. The first-order valence-electron chi connectivity index (χ1n) is 6.47. The van der Waals surface area contributed by atoms with Crippen molar-refractivity contribution in [2.45, 2.75) is 47.0 Å². The molecule has 0 heterocycles. The summed E-state index contributed by atoms with van der Waals surface area (Å²) in [5.74, 6) is 0. The Kier molecular flexibility index (Phi) is 11.7. The van der Waals surface area contributed by atoms with E-state index in [0.29, 0.717) is 0 Å². The monoisotopic (exact) mass is 276 g/mol. The van der Waals surface area contributed by atoms with Gasteiger partial charge in [-0.25, -0.2) is 0 Å². The van der Waals surface area contributed by atoms with Gasteiger partial charge in [-0.1, -0.05) is 19.8 Å². The zero-order valence-electron chi connectivity index (χ0n) is 11.5. The van der Waals surface area contributed by atoms with Crippen LogP contribution in [-0.4, -0.2) is 31.9 Å². The lowest BCUT2D eigenvalue weighted by atomic mass is 10.3. The molecule has 0 radical (unpaired) electrons. The third-order valence-corrected chi connectivity index (χ3v) is 8.54. The highest BCUT2D eigenvalue weighted by atomic mass is 31.2. The van der Waals surface area contributed by atoms with Crippen molar-refractivity contribution in [2.75, 3.05) is 24.6 Å². The van der Waals surface area contributed by atoms with E-state index in [1.165, 1.54) is 37.7 Å². The van der Waals surface area contributed by atoms with Gasteiger partial charge in [0.05, 0.1) is 24.6 Å². The molecule has 0 nitrogen and oxygen atoms in total. The second-order valence-corrected chi connectivity index (χ2v) is 9.24. The molecule has 0 amide bonds. The number of hydrogen-bond donors (Lipinski definition) is 0. The van der Waals surface area contributed by atoms with E-state index >= 15 is 0 Å². The zero-order valence-corrected chi connectivity index (χ0v) is 12.4. The Balaban J connectivity index is 0. The fourth-order valence-electron chi connectivity index (χ4n) is 1.84. The van der Waals surface area contributed by atoms with Gasteiger partial charge in [0.1, 0.15) is 0 Å². The van der Waals surface area contributed by atoms with Crippen LogP contribution in [0, 0.1) is 0 Å². The van der Waals surface area contributed by atoms with E-state index in [9.17, 15) is 17.3 Å². The fraction of sp³-hybridized carbons (Fsp3) is 1.00. The van der Waals surface area contributed by atoms with Crippen molar-refractivity contribution in [2.24, 2.45) is 0 Å². The Morgan fingerprint density at radius 3 is 1.35 bits per heavy atom. The van der Waals surface area contributed by atoms with Crippen LogP contribution in [0.15, 0.2) is 0 Å². The van der Waals surface area contributed by atoms with Gasteiger partial charge in [0.15, 0.2) is 0 Å². The van der Waals surface area contributed by atoms with Crippen molar-refractivity contribution < 1.29 is 17.3 Å². The van der Waals surface area contributed by atoms with Crippen molar-refractivity contribution in [3.05, 3.63) is 0 Å². The Morgan fingerprint density at radius 2 is 1.12 bits per heavy atom. The lowest BCUT2D eigenvalue weighted by molar-refractivity contribution is 0.368. The summed E-state index contributed by atoms with van der Waals surface area (Å²) in [5.41, 5.74) is 0. The number of unbranched alkanes of at least 4 members (excludes halogenated alkanes) is 2. The number of rotatable bonds is 7. The molecule has 0 aromatic carbocycles. The van der Waals surface area contributed by atoms with Crippen molar-refractivity contribution >= 4 is 14.5 Å². The van der Waals surface area contributed by atoms with Gasteiger partial charge in [-0.3, -0.25) is 0 Å². The molecule has 0 atom stereocenters. The topological polar surface area (TPSA) is 0 Å². The van der Waals surface area contributed by atoms with Crippen LogP contribution in [0.5, 0.6) is 0 Å². The van der Waals surface area contributed by atoms with Gasteiger partial charge in [0.2, 0.25) is 0 Å². The van der Waals surface area contributed by atoms with Crippen LogP contribution >= 0.6 is 7.26 Å². The van der Waals surface area contributed by atoms with E-state index in [0.717, 1.165) is 0 Å². The molecular formula is C11H26BF4P. The average Bonchev–Trinajstić information content (AvgIpc) is 2.23. The molecule has 0 unspecified atom stereocenters. The van der Waals surface area contributed by atoms with Crippen molar-refractivity contribution in [3.63, 3.8) is 0 Å². The SMILES string of the molecule is CCCCC[P+](CC)(CC)CC.F[B-](F)(F)F. The Hall–Kier alpha value is 0.215. The predicted octanol–water partition coefficient (Wildman–Crippen LogP) is 5.55. The first-order valence-corrected chi connectivity index (χ1v) is 9.00. The Labute approximate surface area is 104 Å². The minimum Gasteiger partial charge on any atom is -0.418 e. The summed E-state index contributed by atoms with van der Waals surface area (Å²) in [7, 11) is -6.47. The van der Waals surface area contributed by atoms with E-state index < -0.39 is 14.5 Å². The highest BCUT2D eigenvalue weighted by molar-refractivity contribution is 7.75. The van der Waals surface area contributed by atoms with Crippen molar-refractivity contribution in [1.82, 2.24) is 0 Å². The molecule has 0 fully saturated rings. The van der Waals surface area contributed by atoms with Gasteiger partial charge in [-0.05, 0) is 27.2 Å². The van der Waals surface area contributed by atoms with Gasteiger partial charge in [-0.15, -0.1) is 0 Å². The van der Waals surface area contributed by atoms with Gasteiger partial charge in [-0.2, -0.15) is 0 Å². The molecule has 0 N–H and O–H groups in total. The molecule has 0 aromatic rings. The van der Waals surface area contributed by atoms with E-state index in [1.54, 1.807) is 6.16 Å². The van der Waals surface area contributed by atoms with Gasteiger partial charge in [0.25, 0.3) is 0 Å². The quantitative estimate of drug-likeness (QED) is 0.247. The summed E-state index contributed by atoms with van der Waals surface area (Å²) in [6.45, 7) is 9.48. The van der Waals surface area contributed by atoms with Gasteiger partial charge in [0, 0.05) is 7.26 Å². The third-order valence-electron chi connectivity index (χ3n) is 3.25. The summed E-state index contributed by atoms with van der Waals surface area (Å²) < 4.78 is 39.0. The van der Waals surface area contributed by atoms with E-state index in [1.807, 2.05) is 0 Å². The maximum absolute atomic E-state index is 9.75. The first-order chi connectivity index (χ1) is 7.74. The summed E-state index contributed by atoms with van der Waals surface area (Å²) in [6.07, 6.45) is 10.3. The van der Waals surface area contributed by atoms with Crippen LogP contribution in [-0.2, 0) is 0 Å². The third kappa shape index (κ3) is 14.2. The highest BCUT2D eigenvalue weighted by Crippen LogP contribution is 2.58. The summed E-state index contributed by atoms with van der Waals surface area (Å²) in [4.78, 5) is 0. The predicted molar refractivity (Wildman–Crippen MR) is 73.1 cm³/mol. The van der Waals surface area contributed by atoms with Crippen LogP contribution in [0.2, 0.25) is 0 Å². The van der Waals surface area contributed by atoms with E-state index in [-0.39, 0.29) is 0 Å². The van der Waals surface area contributed by atoms with Gasteiger partial charge < -0.3 is 17.3 Å². The highest BCUT2D eigenvalue weighted by Gasteiger charge is 2.29. The van der Waals surface area contributed by atoms with Crippen LogP contribution in [0.3, 0.4) is 0 Å². The van der Waals surface area contributed by atoms with E-state index in [2.05, 4.69) is 27.7 Å². The largest absolute Gasteiger partial charge is 0.673 e. The molecule has 0 aliphatic carbocycles. The van der Waals surface area contributed by atoms with Crippen LogP contribution < -0.4 is 0 Å². The molecule has 0 saturated carbocycles. The van der Waals surface area contributed by atoms with Crippen LogP contribution in [0.1, 0.15) is 47.0 Å². The molecule has 17 heavy (non-hydrogen) atoms. The molecule has 106 valence electrons. The molecule has 0 aromatic heterocycles. The number of hydrogen-bond acceptors (Lipinski definition) is 0. The van der Waals surface area contributed by atoms with Crippen molar-refractivity contribution in [3.8, 4) is 0 Å². The minimum atomic E-state index is -6.00. The van der Waals surface area contributed by atoms with Crippen LogP contribution in [0.4, 0.5) is 17.3 Å². The summed E-state index contributed by atoms with van der Waals surface area (Å²) in [5, 5.41) is 0. The lowest BCUT2D eigenvalue weighted by Crippen LogP contribution is -2.07. The zero-order chi connectivity index (χ0) is 13.9. The van der Waals surface area contributed by atoms with Gasteiger partial charge >= 0.3 is 7.25 Å².